The minimum absolute atomic E-state index is 0.265. The van der Waals surface area contributed by atoms with E-state index in [0.29, 0.717) is 0 Å². The molecule has 0 fully saturated rings. The van der Waals surface area contributed by atoms with Gasteiger partial charge in [-0.25, -0.2) is 0 Å². The van der Waals surface area contributed by atoms with Crippen LogP contribution in [0.1, 0.15) is 6.92 Å². The van der Waals surface area contributed by atoms with Crippen LogP contribution in [0.25, 0.3) is 0 Å². The first-order valence-electron chi connectivity index (χ1n) is 2.67. The Bertz CT molecular complexity index is 206. The summed E-state index contributed by atoms with van der Waals surface area (Å²) in [6.45, 7) is 1.39. The molecule has 0 saturated carbocycles. The van der Waals surface area contributed by atoms with Crippen LogP contribution in [0.5, 0.6) is 0 Å². The summed E-state index contributed by atoms with van der Waals surface area (Å²) < 4.78 is 5.67. The second kappa shape index (κ2) is 3.63. The predicted octanol–water partition coefficient (Wildman–Crippen LogP) is 2.32. The molecule has 2 nitrogen and oxygen atoms in total. The molecular formula is C6H6O2S2. The van der Waals surface area contributed by atoms with Gasteiger partial charge in [-0.3, -0.25) is 4.79 Å². The molecule has 0 aliphatic carbocycles. The molecule has 0 N–H and O–H groups in total. The fraction of sp³-hybridized carbons (Fsp3) is 0.167. The molecule has 0 aliphatic rings. The highest BCUT2D eigenvalue weighted by Crippen LogP contribution is 2.23. The molecule has 0 atom stereocenters. The highest BCUT2D eigenvalue weighted by atomic mass is 32.2. The Kier molecular flexibility index (Phi) is 2.77. The van der Waals surface area contributed by atoms with Crippen molar-refractivity contribution in [2.75, 3.05) is 0 Å². The van der Waals surface area contributed by atoms with E-state index in [2.05, 4.69) is 4.18 Å². The van der Waals surface area contributed by atoms with Crippen LogP contribution in [-0.4, -0.2) is 5.97 Å². The Morgan fingerprint density at radius 3 is 3.10 bits per heavy atom. The molecule has 0 radical (unpaired) electrons. The molecule has 0 saturated heterocycles. The minimum Gasteiger partial charge on any atom is -0.385 e. The summed E-state index contributed by atoms with van der Waals surface area (Å²) in [5, 5.41) is 1.94. The highest BCUT2D eigenvalue weighted by molar-refractivity contribution is 7.97. The predicted molar refractivity (Wildman–Crippen MR) is 41.9 cm³/mol. The van der Waals surface area contributed by atoms with Gasteiger partial charge < -0.3 is 4.18 Å². The number of carbonyl (C=O) groups is 1. The van der Waals surface area contributed by atoms with Gasteiger partial charge in [0.05, 0.1) is 0 Å². The lowest BCUT2D eigenvalue weighted by atomic mass is 10.7. The van der Waals surface area contributed by atoms with Gasteiger partial charge in [-0.05, 0) is 11.4 Å². The van der Waals surface area contributed by atoms with Gasteiger partial charge in [0.15, 0.2) is 0 Å². The number of thiophene rings is 1. The van der Waals surface area contributed by atoms with E-state index in [1.54, 1.807) is 11.3 Å². The monoisotopic (exact) mass is 174 g/mol. The molecule has 4 heteroatoms. The fourth-order valence-corrected chi connectivity index (χ4v) is 1.62. The Hall–Kier alpha value is -0.480. The van der Waals surface area contributed by atoms with E-state index < -0.39 is 0 Å². The molecule has 0 aromatic carbocycles. The third-order valence-electron chi connectivity index (χ3n) is 0.736. The van der Waals surface area contributed by atoms with Crippen LogP contribution >= 0.6 is 23.4 Å². The first-order chi connectivity index (χ1) is 4.79. The van der Waals surface area contributed by atoms with Crippen molar-refractivity contribution in [1.82, 2.24) is 0 Å². The Morgan fingerprint density at radius 1 is 1.80 bits per heavy atom. The molecule has 0 spiro atoms. The third kappa shape index (κ3) is 2.41. The second-order valence-corrected chi connectivity index (χ2v) is 3.57. The molecule has 1 aromatic rings. The summed E-state index contributed by atoms with van der Waals surface area (Å²) >= 11 is 2.65. The summed E-state index contributed by atoms with van der Waals surface area (Å²) in [6.07, 6.45) is 0. The van der Waals surface area contributed by atoms with Gasteiger partial charge in [-0.2, -0.15) is 0 Å². The van der Waals surface area contributed by atoms with E-state index >= 15 is 0 Å². The van der Waals surface area contributed by atoms with Crippen molar-refractivity contribution < 1.29 is 8.98 Å². The molecule has 1 aromatic heterocycles. The van der Waals surface area contributed by atoms with Crippen molar-refractivity contribution in [3.05, 3.63) is 17.5 Å². The number of carbonyl (C=O) groups excluding carboxylic acids is 1. The topological polar surface area (TPSA) is 26.3 Å². The van der Waals surface area contributed by atoms with Gasteiger partial charge in [0.2, 0.25) is 0 Å². The molecule has 54 valence electrons. The lowest BCUT2D eigenvalue weighted by Gasteiger charge is -1.92. The first-order valence-corrected chi connectivity index (χ1v) is 4.30. The lowest BCUT2D eigenvalue weighted by molar-refractivity contribution is -0.130. The van der Waals surface area contributed by atoms with Gasteiger partial charge in [-0.1, -0.05) is 6.07 Å². The van der Waals surface area contributed by atoms with Crippen molar-refractivity contribution in [2.24, 2.45) is 0 Å². The number of hydrogen-bond donors (Lipinski definition) is 0. The zero-order valence-electron chi connectivity index (χ0n) is 5.37. The molecule has 0 unspecified atom stereocenters. The van der Waals surface area contributed by atoms with Crippen molar-refractivity contribution in [2.45, 2.75) is 11.1 Å². The molecule has 0 aliphatic heterocycles. The van der Waals surface area contributed by atoms with E-state index in [0.717, 1.165) is 16.3 Å². The van der Waals surface area contributed by atoms with Crippen molar-refractivity contribution in [1.29, 1.82) is 0 Å². The van der Waals surface area contributed by atoms with Crippen LogP contribution in [0.2, 0.25) is 0 Å². The molecule has 0 amide bonds. The molecule has 1 rings (SSSR count). The van der Waals surface area contributed by atoms with E-state index in [4.69, 9.17) is 0 Å². The largest absolute Gasteiger partial charge is 0.385 e. The smallest absolute Gasteiger partial charge is 0.315 e. The Morgan fingerprint density at radius 2 is 2.60 bits per heavy atom. The van der Waals surface area contributed by atoms with E-state index in [9.17, 15) is 4.79 Å². The van der Waals surface area contributed by atoms with Crippen LogP contribution < -0.4 is 0 Å². The standard InChI is InChI=1S/C6H6O2S2/c1-5(7)8-10-6-3-2-4-9-6/h2-4H,1H3. The van der Waals surface area contributed by atoms with Gasteiger partial charge >= 0.3 is 5.97 Å². The molecule has 1 heterocycles. The highest BCUT2D eigenvalue weighted by Gasteiger charge is 1.97. The fourth-order valence-electron chi connectivity index (χ4n) is 0.411. The molecular weight excluding hydrogens is 168 g/mol. The SMILES string of the molecule is CC(=O)OSc1cccs1. The maximum atomic E-state index is 10.3. The summed E-state index contributed by atoms with van der Waals surface area (Å²) in [4.78, 5) is 10.3. The van der Waals surface area contributed by atoms with Crippen LogP contribution in [0.3, 0.4) is 0 Å². The van der Waals surface area contributed by atoms with Crippen molar-refractivity contribution in [3.8, 4) is 0 Å². The van der Waals surface area contributed by atoms with Crippen molar-refractivity contribution in [3.63, 3.8) is 0 Å². The summed E-state index contributed by atoms with van der Waals surface area (Å²) in [5.74, 6) is -0.265. The van der Waals surface area contributed by atoms with E-state index in [1.807, 2.05) is 17.5 Å². The quantitative estimate of drug-likeness (QED) is 0.644. The first kappa shape index (κ1) is 7.63. The third-order valence-corrected chi connectivity index (χ3v) is 2.51. The maximum Gasteiger partial charge on any atom is 0.315 e. The Balaban J connectivity index is 2.35. The van der Waals surface area contributed by atoms with Crippen LogP contribution in [0.4, 0.5) is 0 Å². The average molecular weight is 174 g/mol. The zero-order valence-corrected chi connectivity index (χ0v) is 7.00. The van der Waals surface area contributed by atoms with E-state index in [1.165, 1.54) is 6.92 Å². The summed E-state index contributed by atoms with van der Waals surface area (Å²) in [6, 6.07) is 3.81. The molecule has 0 bridgehead atoms. The molecule has 10 heavy (non-hydrogen) atoms. The minimum atomic E-state index is -0.265. The van der Waals surface area contributed by atoms with Crippen LogP contribution in [0, 0.1) is 0 Å². The van der Waals surface area contributed by atoms with Gasteiger partial charge in [0.1, 0.15) is 16.3 Å². The number of hydrogen-bond acceptors (Lipinski definition) is 4. The van der Waals surface area contributed by atoms with Crippen LogP contribution in [0.15, 0.2) is 21.7 Å². The Labute approximate surface area is 67.4 Å². The lowest BCUT2D eigenvalue weighted by Crippen LogP contribution is -1.87. The van der Waals surface area contributed by atoms with Crippen LogP contribution in [-0.2, 0) is 8.98 Å². The number of rotatable bonds is 2. The van der Waals surface area contributed by atoms with Gasteiger partial charge in [0.25, 0.3) is 0 Å². The van der Waals surface area contributed by atoms with Crippen molar-refractivity contribution >= 4 is 29.3 Å². The maximum absolute atomic E-state index is 10.3. The van der Waals surface area contributed by atoms with Gasteiger partial charge in [0, 0.05) is 6.92 Å². The normalized spacial score (nSPS) is 9.30. The average Bonchev–Trinajstić information content (AvgIpc) is 2.34. The van der Waals surface area contributed by atoms with Gasteiger partial charge in [-0.15, -0.1) is 11.3 Å². The summed E-state index contributed by atoms with van der Waals surface area (Å²) in [5.41, 5.74) is 0. The zero-order chi connectivity index (χ0) is 7.40. The van der Waals surface area contributed by atoms with E-state index in [-0.39, 0.29) is 5.97 Å². The second-order valence-electron chi connectivity index (χ2n) is 1.59. The summed E-state index contributed by atoms with van der Waals surface area (Å²) in [7, 11) is 0.